The van der Waals surface area contributed by atoms with Crippen molar-refractivity contribution in [3.8, 4) is 6.07 Å². The number of nitriles is 1. The molecule has 0 aliphatic rings. The van der Waals surface area contributed by atoms with Crippen molar-refractivity contribution in [2.75, 3.05) is 24.6 Å². The largest absolute Gasteiger partial charge is 0.433 e. The first-order valence-corrected chi connectivity index (χ1v) is 5.78. The lowest BCUT2D eigenvalue weighted by molar-refractivity contribution is -0.141. The van der Waals surface area contributed by atoms with Crippen LogP contribution in [0.2, 0.25) is 0 Å². The van der Waals surface area contributed by atoms with Crippen molar-refractivity contribution >= 4 is 5.82 Å². The van der Waals surface area contributed by atoms with Crippen LogP contribution in [0.25, 0.3) is 0 Å². The van der Waals surface area contributed by atoms with Gasteiger partial charge in [-0.05, 0) is 25.5 Å². The van der Waals surface area contributed by atoms with E-state index < -0.39 is 11.9 Å². The number of aliphatic hydroxyl groups is 1. The quantitative estimate of drug-likeness (QED) is 0.893. The van der Waals surface area contributed by atoms with Crippen molar-refractivity contribution < 1.29 is 18.3 Å². The number of aromatic nitrogens is 1. The van der Waals surface area contributed by atoms with Crippen molar-refractivity contribution in [2.24, 2.45) is 0 Å². The van der Waals surface area contributed by atoms with E-state index in [1.807, 2.05) is 6.07 Å². The molecule has 4 nitrogen and oxygen atoms in total. The molecule has 104 valence electrons. The second kappa shape index (κ2) is 6.38. The minimum Gasteiger partial charge on any atom is -0.396 e. The van der Waals surface area contributed by atoms with Gasteiger partial charge in [0.1, 0.15) is 17.6 Å². The van der Waals surface area contributed by atoms with Gasteiger partial charge in [0.2, 0.25) is 0 Å². The Kier molecular flexibility index (Phi) is 5.12. The summed E-state index contributed by atoms with van der Waals surface area (Å²) in [5, 5.41) is 17.7. The molecule has 0 fully saturated rings. The summed E-state index contributed by atoms with van der Waals surface area (Å²) in [6.07, 6.45) is -4.14. The Balaban J connectivity index is 3.18. The lowest BCUT2D eigenvalue weighted by Gasteiger charge is -2.23. The highest BCUT2D eigenvalue weighted by Crippen LogP contribution is 2.30. The maximum Gasteiger partial charge on any atom is 0.433 e. The van der Waals surface area contributed by atoms with Crippen LogP contribution < -0.4 is 4.90 Å². The fourth-order valence-electron chi connectivity index (χ4n) is 1.61. The summed E-state index contributed by atoms with van der Waals surface area (Å²) in [7, 11) is 0. The standard InChI is InChI=1S/C12H14F3N3O/c1-2-18(6-3-7-19)11-9(8-16)4-5-10(17-11)12(13,14)15/h4-5,19H,2-3,6-7H2,1H3. The van der Waals surface area contributed by atoms with Gasteiger partial charge in [0, 0.05) is 19.7 Å². The summed E-state index contributed by atoms with van der Waals surface area (Å²) in [6, 6.07) is 3.74. The van der Waals surface area contributed by atoms with Gasteiger partial charge in [-0.3, -0.25) is 0 Å². The van der Waals surface area contributed by atoms with Crippen molar-refractivity contribution in [3.05, 3.63) is 23.4 Å². The van der Waals surface area contributed by atoms with Crippen LogP contribution in [-0.4, -0.2) is 29.8 Å². The zero-order valence-corrected chi connectivity index (χ0v) is 10.4. The van der Waals surface area contributed by atoms with E-state index in [2.05, 4.69) is 4.98 Å². The van der Waals surface area contributed by atoms with Crippen LogP contribution in [0, 0.1) is 11.3 Å². The van der Waals surface area contributed by atoms with E-state index in [1.54, 1.807) is 11.8 Å². The van der Waals surface area contributed by atoms with Crippen LogP contribution in [-0.2, 0) is 6.18 Å². The number of alkyl halides is 3. The fraction of sp³-hybridized carbons (Fsp3) is 0.500. The Morgan fingerprint density at radius 1 is 1.42 bits per heavy atom. The number of anilines is 1. The van der Waals surface area contributed by atoms with Crippen molar-refractivity contribution in [2.45, 2.75) is 19.5 Å². The van der Waals surface area contributed by atoms with E-state index in [0.29, 0.717) is 19.5 Å². The molecule has 1 heterocycles. The number of hydrogen-bond donors (Lipinski definition) is 1. The summed E-state index contributed by atoms with van der Waals surface area (Å²) in [5.74, 6) is 0.00766. The molecule has 1 rings (SSSR count). The first-order chi connectivity index (χ1) is 8.93. The SMILES string of the molecule is CCN(CCCO)c1nc(C(F)(F)F)ccc1C#N. The third-order valence-corrected chi connectivity index (χ3v) is 2.55. The number of pyridine rings is 1. The smallest absolute Gasteiger partial charge is 0.396 e. The molecule has 19 heavy (non-hydrogen) atoms. The third kappa shape index (κ3) is 3.83. The number of halogens is 3. The van der Waals surface area contributed by atoms with Crippen LogP contribution in [0.15, 0.2) is 12.1 Å². The Hall–Kier alpha value is -1.81. The molecule has 0 bridgehead atoms. The van der Waals surface area contributed by atoms with Gasteiger partial charge in [0.05, 0.1) is 5.56 Å². The van der Waals surface area contributed by atoms with Gasteiger partial charge in [-0.15, -0.1) is 0 Å². The number of rotatable bonds is 5. The summed E-state index contributed by atoms with van der Waals surface area (Å²) >= 11 is 0. The number of hydrogen-bond acceptors (Lipinski definition) is 4. The highest BCUT2D eigenvalue weighted by atomic mass is 19.4. The van der Waals surface area contributed by atoms with E-state index in [0.717, 1.165) is 12.1 Å². The summed E-state index contributed by atoms with van der Waals surface area (Å²) in [4.78, 5) is 5.08. The van der Waals surface area contributed by atoms with E-state index in [4.69, 9.17) is 10.4 Å². The highest BCUT2D eigenvalue weighted by molar-refractivity contribution is 5.54. The number of nitrogens with zero attached hydrogens (tertiary/aromatic N) is 3. The molecule has 0 radical (unpaired) electrons. The monoisotopic (exact) mass is 273 g/mol. The van der Waals surface area contributed by atoms with Gasteiger partial charge in [-0.1, -0.05) is 0 Å². The lowest BCUT2D eigenvalue weighted by Crippen LogP contribution is -2.27. The molecule has 0 saturated heterocycles. The molecule has 0 aliphatic carbocycles. The molecule has 0 spiro atoms. The van der Waals surface area contributed by atoms with E-state index in [-0.39, 0.29) is 18.0 Å². The van der Waals surface area contributed by atoms with Crippen LogP contribution >= 0.6 is 0 Å². The average molecular weight is 273 g/mol. The van der Waals surface area contributed by atoms with Gasteiger partial charge in [0.15, 0.2) is 0 Å². The summed E-state index contributed by atoms with van der Waals surface area (Å²) in [5.41, 5.74) is -0.934. The normalized spacial score (nSPS) is 11.2. The van der Waals surface area contributed by atoms with Crippen LogP contribution in [0.1, 0.15) is 24.6 Å². The predicted molar refractivity (Wildman–Crippen MR) is 63.5 cm³/mol. The van der Waals surface area contributed by atoms with Crippen LogP contribution in [0.5, 0.6) is 0 Å². The summed E-state index contributed by atoms with van der Waals surface area (Å²) in [6.45, 7) is 2.43. The second-order valence-corrected chi connectivity index (χ2v) is 3.83. The first-order valence-electron chi connectivity index (χ1n) is 5.78. The highest BCUT2D eigenvalue weighted by Gasteiger charge is 2.33. The molecular weight excluding hydrogens is 259 g/mol. The Morgan fingerprint density at radius 3 is 2.58 bits per heavy atom. The van der Waals surface area contributed by atoms with Crippen molar-refractivity contribution in [1.29, 1.82) is 5.26 Å². The summed E-state index contributed by atoms with van der Waals surface area (Å²) < 4.78 is 37.9. The van der Waals surface area contributed by atoms with E-state index in [1.165, 1.54) is 0 Å². The van der Waals surface area contributed by atoms with Gasteiger partial charge >= 0.3 is 6.18 Å². The predicted octanol–water partition coefficient (Wildman–Crippen LogP) is 2.18. The minimum atomic E-state index is -4.54. The molecule has 7 heteroatoms. The zero-order chi connectivity index (χ0) is 14.5. The zero-order valence-electron chi connectivity index (χ0n) is 10.4. The molecule has 0 unspecified atom stereocenters. The van der Waals surface area contributed by atoms with Gasteiger partial charge in [-0.2, -0.15) is 18.4 Å². The fourth-order valence-corrected chi connectivity index (χ4v) is 1.61. The van der Waals surface area contributed by atoms with Crippen molar-refractivity contribution in [1.82, 2.24) is 4.98 Å². The molecule has 0 atom stereocenters. The molecule has 1 N–H and O–H groups in total. The second-order valence-electron chi connectivity index (χ2n) is 3.83. The van der Waals surface area contributed by atoms with Crippen LogP contribution in [0.3, 0.4) is 0 Å². The van der Waals surface area contributed by atoms with Gasteiger partial charge in [0.25, 0.3) is 0 Å². The van der Waals surface area contributed by atoms with Gasteiger partial charge < -0.3 is 10.0 Å². The van der Waals surface area contributed by atoms with Gasteiger partial charge in [-0.25, -0.2) is 4.98 Å². The third-order valence-electron chi connectivity index (χ3n) is 2.55. The van der Waals surface area contributed by atoms with E-state index in [9.17, 15) is 13.2 Å². The molecule has 0 amide bonds. The lowest BCUT2D eigenvalue weighted by atomic mass is 10.2. The van der Waals surface area contributed by atoms with E-state index >= 15 is 0 Å². The maximum atomic E-state index is 12.6. The molecular formula is C12H14F3N3O. The molecule has 0 aliphatic heterocycles. The molecule has 1 aromatic rings. The average Bonchev–Trinajstić information content (AvgIpc) is 2.38. The maximum absolute atomic E-state index is 12.6. The topological polar surface area (TPSA) is 60.1 Å². The molecule has 0 saturated carbocycles. The van der Waals surface area contributed by atoms with Crippen LogP contribution in [0.4, 0.5) is 19.0 Å². The molecule has 0 aromatic carbocycles. The molecule has 1 aromatic heterocycles. The Morgan fingerprint density at radius 2 is 2.11 bits per heavy atom. The number of aliphatic hydroxyl groups excluding tert-OH is 1. The van der Waals surface area contributed by atoms with Crippen molar-refractivity contribution in [3.63, 3.8) is 0 Å². The Bertz CT molecular complexity index is 468. The minimum absolute atomic E-state index is 0.00766. The Labute approximate surface area is 109 Å². The first kappa shape index (κ1) is 15.2.